The van der Waals surface area contributed by atoms with Gasteiger partial charge in [-0.3, -0.25) is 4.79 Å². The number of aliphatic hydroxyl groups is 1. The van der Waals surface area contributed by atoms with Crippen LogP contribution in [0.2, 0.25) is 0 Å². The van der Waals surface area contributed by atoms with E-state index in [0.29, 0.717) is 23.5 Å². The topological polar surface area (TPSA) is 46.5 Å². The van der Waals surface area contributed by atoms with Crippen LogP contribution in [0, 0.1) is 12.7 Å². The van der Waals surface area contributed by atoms with Crippen LogP contribution < -0.4 is 4.74 Å². The summed E-state index contributed by atoms with van der Waals surface area (Å²) in [5.41, 5.74) is 1.64. The molecule has 0 aliphatic heterocycles. The van der Waals surface area contributed by atoms with Gasteiger partial charge in [-0.2, -0.15) is 0 Å². The first kappa shape index (κ1) is 15.2. The number of Topliss-reactive ketones (excluding diaryl/α,β-unsaturated/α-hetero) is 1. The molecule has 110 valence electrons. The van der Waals surface area contributed by atoms with Crippen molar-refractivity contribution in [1.82, 2.24) is 0 Å². The zero-order valence-electron chi connectivity index (χ0n) is 12.0. The molecule has 21 heavy (non-hydrogen) atoms. The molecule has 2 rings (SSSR count). The normalized spacial score (nSPS) is 10.5. The molecule has 1 N–H and O–H groups in total. The number of aryl methyl sites for hydroxylation is 1. The van der Waals surface area contributed by atoms with E-state index in [4.69, 9.17) is 9.84 Å². The molecule has 0 saturated heterocycles. The highest BCUT2D eigenvalue weighted by atomic mass is 19.1. The summed E-state index contributed by atoms with van der Waals surface area (Å²) in [5, 5.41) is 8.87. The minimum atomic E-state index is -0.425. The van der Waals surface area contributed by atoms with E-state index in [0.717, 1.165) is 5.56 Å². The van der Waals surface area contributed by atoms with Gasteiger partial charge in [-0.25, -0.2) is 4.39 Å². The van der Waals surface area contributed by atoms with E-state index in [-0.39, 0.29) is 18.0 Å². The van der Waals surface area contributed by atoms with Crippen LogP contribution in [0.25, 0.3) is 0 Å². The van der Waals surface area contributed by atoms with E-state index >= 15 is 0 Å². The molecule has 0 unspecified atom stereocenters. The van der Waals surface area contributed by atoms with Gasteiger partial charge >= 0.3 is 0 Å². The van der Waals surface area contributed by atoms with E-state index in [9.17, 15) is 9.18 Å². The summed E-state index contributed by atoms with van der Waals surface area (Å²) >= 11 is 0. The number of ketones is 1. The Balaban J connectivity index is 2.30. The highest BCUT2D eigenvalue weighted by Crippen LogP contribution is 2.28. The summed E-state index contributed by atoms with van der Waals surface area (Å²) in [6, 6.07) is 9.92. The van der Waals surface area contributed by atoms with Gasteiger partial charge in [-0.05, 0) is 55.7 Å². The molecule has 2 aromatic rings. The van der Waals surface area contributed by atoms with Crippen LogP contribution in [0.3, 0.4) is 0 Å². The Morgan fingerprint density at radius 2 is 1.90 bits per heavy atom. The van der Waals surface area contributed by atoms with Gasteiger partial charge in [0.2, 0.25) is 0 Å². The minimum Gasteiger partial charge on any atom is -0.457 e. The van der Waals surface area contributed by atoms with E-state index < -0.39 is 5.82 Å². The first-order chi connectivity index (χ1) is 10.0. The standard InChI is InChI=1S/C17H17FO3/c1-11-9-17(15(12(2)20)10-16(11)18)21-14-5-3-13(4-6-14)7-8-19/h3-6,9-10,19H,7-8H2,1-2H3. The molecule has 0 aromatic heterocycles. The first-order valence-corrected chi connectivity index (χ1v) is 6.70. The lowest BCUT2D eigenvalue weighted by atomic mass is 10.1. The van der Waals surface area contributed by atoms with Crippen LogP contribution >= 0.6 is 0 Å². The fourth-order valence-corrected chi connectivity index (χ4v) is 1.99. The van der Waals surface area contributed by atoms with Gasteiger partial charge in [-0.1, -0.05) is 12.1 Å². The summed E-state index contributed by atoms with van der Waals surface area (Å²) in [7, 11) is 0. The van der Waals surface area contributed by atoms with Crippen molar-refractivity contribution in [3.8, 4) is 11.5 Å². The molecular weight excluding hydrogens is 271 g/mol. The molecule has 0 amide bonds. The Bertz CT molecular complexity index is 648. The summed E-state index contributed by atoms with van der Waals surface area (Å²) in [5.74, 6) is 0.230. The van der Waals surface area contributed by atoms with Gasteiger partial charge in [0.05, 0.1) is 5.56 Å². The van der Waals surface area contributed by atoms with Gasteiger partial charge in [0.1, 0.15) is 17.3 Å². The number of halogens is 1. The second-order valence-corrected chi connectivity index (χ2v) is 4.87. The monoisotopic (exact) mass is 288 g/mol. The van der Waals surface area contributed by atoms with Crippen molar-refractivity contribution in [3.63, 3.8) is 0 Å². The third-order valence-electron chi connectivity index (χ3n) is 3.19. The second-order valence-electron chi connectivity index (χ2n) is 4.87. The van der Waals surface area contributed by atoms with Crippen molar-refractivity contribution in [2.45, 2.75) is 20.3 Å². The Kier molecular flexibility index (Phi) is 4.70. The molecule has 0 bridgehead atoms. The molecule has 4 heteroatoms. The molecule has 0 fully saturated rings. The highest BCUT2D eigenvalue weighted by Gasteiger charge is 2.13. The predicted molar refractivity (Wildman–Crippen MR) is 78.4 cm³/mol. The summed E-state index contributed by atoms with van der Waals surface area (Å²) in [4.78, 5) is 11.6. The molecule has 0 spiro atoms. The largest absolute Gasteiger partial charge is 0.457 e. The van der Waals surface area contributed by atoms with Gasteiger partial charge in [-0.15, -0.1) is 0 Å². The maximum absolute atomic E-state index is 13.6. The predicted octanol–water partition coefficient (Wildman–Crippen LogP) is 3.66. The maximum Gasteiger partial charge on any atom is 0.163 e. The number of hydrogen-bond acceptors (Lipinski definition) is 3. The third kappa shape index (κ3) is 3.67. The van der Waals surface area contributed by atoms with E-state index in [2.05, 4.69) is 0 Å². The lowest BCUT2D eigenvalue weighted by molar-refractivity contribution is 0.101. The number of hydrogen-bond donors (Lipinski definition) is 1. The molecular formula is C17H17FO3. The number of carbonyl (C=O) groups is 1. The molecule has 0 aliphatic carbocycles. The SMILES string of the molecule is CC(=O)c1cc(F)c(C)cc1Oc1ccc(CCO)cc1. The number of carbonyl (C=O) groups excluding carboxylic acids is 1. The van der Waals surface area contributed by atoms with E-state index in [1.807, 2.05) is 12.1 Å². The van der Waals surface area contributed by atoms with Gasteiger partial charge in [0.15, 0.2) is 5.78 Å². The third-order valence-corrected chi connectivity index (χ3v) is 3.19. The molecule has 0 atom stereocenters. The summed E-state index contributed by atoms with van der Waals surface area (Å²) in [6.45, 7) is 3.09. The van der Waals surface area contributed by atoms with Crippen molar-refractivity contribution in [2.75, 3.05) is 6.61 Å². The lowest BCUT2D eigenvalue weighted by Crippen LogP contribution is -2.00. The van der Waals surface area contributed by atoms with Gasteiger partial charge < -0.3 is 9.84 Å². The molecule has 0 saturated carbocycles. The number of ether oxygens (including phenoxy) is 1. The minimum absolute atomic E-state index is 0.0891. The van der Waals surface area contributed by atoms with Crippen LogP contribution in [0.4, 0.5) is 4.39 Å². The molecule has 0 heterocycles. The molecule has 3 nitrogen and oxygen atoms in total. The number of benzene rings is 2. The smallest absolute Gasteiger partial charge is 0.163 e. The molecule has 0 radical (unpaired) electrons. The second kappa shape index (κ2) is 6.50. The fraction of sp³-hybridized carbons (Fsp3) is 0.235. The van der Waals surface area contributed by atoms with E-state index in [1.165, 1.54) is 19.1 Å². The van der Waals surface area contributed by atoms with Crippen LogP contribution in [-0.2, 0) is 6.42 Å². The quantitative estimate of drug-likeness (QED) is 0.854. The Labute approximate surface area is 123 Å². The Morgan fingerprint density at radius 1 is 1.24 bits per heavy atom. The van der Waals surface area contributed by atoms with Crippen molar-refractivity contribution < 1.29 is 19.0 Å². The Morgan fingerprint density at radius 3 is 2.48 bits per heavy atom. The summed E-state index contributed by atoms with van der Waals surface area (Å²) < 4.78 is 19.3. The average molecular weight is 288 g/mol. The maximum atomic E-state index is 13.6. The zero-order chi connectivity index (χ0) is 15.4. The molecule has 2 aromatic carbocycles. The molecule has 0 aliphatic rings. The van der Waals surface area contributed by atoms with Gasteiger partial charge in [0.25, 0.3) is 0 Å². The highest BCUT2D eigenvalue weighted by molar-refractivity contribution is 5.97. The fourth-order valence-electron chi connectivity index (χ4n) is 1.99. The zero-order valence-corrected chi connectivity index (χ0v) is 12.0. The van der Waals surface area contributed by atoms with Crippen LogP contribution in [0.1, 0.15) is 28.4 Å². The van der Waals surface area contributed by atoms with Crippen LogP contribution in [-0.4, -0.2) is 17.5 Å². The number of rotatable bonds is 5. The van der Waals surface area contributed by atoms with Crippen molar-refractivity contribution in [3.05, 3.63) is 58.9 Å². The first-order valence-electron chi connectivity index (χ1n) is 6.70. The van der Waals surface area contributed by atoms with Crippen molar-refractivity contribution in [2.24, 2.45) is 0 Å². The van der Waals surface area contributed by atoms with Crippen LogP contribution in [0.5, 0.6) is 11.5 Å². The summed E-state index contributed by atoms with van der Waals surface area (Å²) in [6.07, 6.45) is 0.578. The van der Waals surface area contributed by atoms with Gasteiger partial charge in [0, 0.05) is 6.61 Å². The van der Waals surface area contributed by atoms with Crippen molar-refractivity contribution in [1.29, 1.82) is 0 Å². The lowest BCUT2D eigenvalue weighted by Gasteiger charge is -2.11. The number of aliphatic hydroxyl groups excluding tert-OH is 1. The van der Waals surface area contributed by atoms with E-state index in [1.54, 1.807) is 19.1 Å². The Hall–Kier alpha value is -2.20. The van der Waals surface area contributed by atoms with Crippen LogP contribution in [0.15, 0.2) is 36.4 Å². The average Bonchev–Trinajstić information content (AvgIpc) is 2.44. The van der Waals surface area contributed by atoms with Crippen molar-refractivity contribution >= 4 is 5.78 Å².